The lowest BCUT2D eigenvalue weighted by Crippen LogP contribution is -2.71. The van der Waals surface area contributed by atoms with Crippen LogP contribution < -0.4 is 22.1 Å². The maximum atomic E-state index is 11.0. The Morgan fingerprint density at radius 3 is 1.71 bits per heavy atom. The molecule has 82 valence electrons. The summed E-state index contributed by atoms with van der Waals surface area (Å²) in [6.07, 6.45) is 0. The van der Waals surface area contributed by atoms with E-state index in [9.17, 15) is 9.59 Å². The van der Waals surface area contributed by atoms with Gasteiger partial charge in [0.05, 0.1) is 11.5 Å². The van der Waals surface area contributed by atoms with Crippen molar-refractivity contribution < 1.29 is 9.59 Å². The van der Waals surface area contributed by atoms with Gasteiger partial charge in [-0.2, -0.15) is 25.3 Å². The van der Waals surface area contributed by atoms with Crippen molar-refractivity contribution in [3.63, 3.8) is 0 Å². The van der Waals surface area contributed by atoms with Gasteiger partial charge in [-0.05, 0) is 0 Å². The van der Waals surface area contributed by atoms with Gasteiger partial charge in [0.25, 0.3) is 0 Å². The third-order valence-corrected chi connectivity index (χ3v) is 1.91. The summed E-state index contributed by atoms with van der Waals surface area (Å²) >= 11 is 7.49. The molecule has 8 heteroatoms. The molecule has 0 aromatic carbocycles. The van der Waals surface area contributed by atoms with Crippen LogP contribution in [0.5, 0.6) is 0 Å². The maximum absolute atomic E-state index is 11.0. The fourth-order valence-electron chi connectivity index (χ4n) is 0.710. The van der Waals surface area contributed by atoms with Crippen LogP contribution in [-0.4, -0.2) is 35.7 Å². The number of carbonyl (C=O) groups excluding carboxylic acids is 2. The fourth-order valence-corrected chi connectivity index (χ4v) is 0.868. The maximum Gasteiger partial charge on any atom is 0.232 e. The van der Waals surface area contributed by atoms with E-state index in [2.05, 4.69) is 35.9 Å². The summed E-state index contributed by atoms with van der Waals surface area (Å²) in [4.78, 5) is 21.9. The monoisotopic (exact) mass is 238 g/mol. The Morgan fingerprint density at radius 2 is 1.50 bits per heavy atom. The molecule has 0 aromatic heterocycles. The van der Waals surface area contributed by atoms with Crippen molar-refractivity contribution in [2.75, 3.05) is 18.1 Å². The highest BCUT2D eigenvalue weighted by molar-refractivity contribution is 7.81. The Bertz CT molecular complexity index is 206. The number of thiol groups is 2. The molecule has 0 fully saturated rings. The van der Waals surface area contributed by atoms with Gasteiger partial charge < -0.3 is 16.4 Å². The van der Waals surface area contributed by atoms with Gasteiger partial charge >= 0.3 is 0 Å². The first-order chi connectivity index (χ1) is 6.47. The fraction of sp³-hybridized carbons (Fsp3) is 0.667. The lowest BCUT2D eigenvalue weighted by Gasteiger charge is -2.29. The molecule has 0 aromatic rings. The van der Waals surface area contributed by atoms with Crippen LogP contribution in [-0.2, 0) is 9.59 Å². The van der Waals surface area contributed by atoms with Crippen LogP contribution >= 0.6 is 25.3 Å². The molecule has 0 unspecified atom stereocenters. The topological polar surface area (TPSA) is 110 Å². The Kier molecular flexibility index (Phi) is 5.93. The predicted molar refractivity (Wildman–Crippen MR) is 60.0 cm³/mol. The first kappa shape index (κ1) is 13.6. The molecule has 0 heterocycles. The van der Waals surface area contributed by atoms with Gasteiger partial charge in [0.15, 0.2) is 5.79 Å². The molecular weight excluding hydrogens is 224 g/mol. The van der Waals surface area contributed by atoms with E-state index in [-0.39, 0.29) is 18.1 Å². The molecular formula is C6H14N4O2S2. The van der Waals surface area contributed by atoms with E-state index >= 15 is 0 Å². The number of rotatable bonds is 5. The highest BCUT2D eigenvalue weighted by Gasteiger charge is 2.26. The largest absolute Gasteiger partial charge is 0.325 e. The number of amides is 2. The Morgan fingerprint density at radius 1 is 1.14 bits per heavy atom. The molecule has 0 atom stereocenters. The van der Waals surface area contributed by atoms with Gasteiger partial charge in [0.1, 0.15) is 0 Å². The SMILES string of the molecule is NCC(N)(NC(=O)CS)NC(=O)CS. The molecule has 0 spiro atoms. The Hall–Kier alpha value is -0.440. The first-order valence-corrected chi connectivity index (χ1v) is 5.06. The van der Waals surface area contributed by atoms with Crippen molar-refractivity contribution in [2.45, 2.75) is 5.79 Å². The zero-order valence-electron chi connectivity index (χ0n) is 7.49. The molecule has 0 aliphatic heterocycles. The highest BCUT2D eigenvalue weighted by atomic mass is 32.1. The summed E-state index contributed by atoms with van der Waals surface area (Å²) in [6.45, 7) is -0.119. The smallest absolute Gasteiger partial charge is 0.232 e. The van der Waals surface area contributed by atoms with Crippen molar-refractivity contribution in [3.05, 3.63) is 0 Å². The second kappa shape index (κ2) is 6.12. The molecule has 0 rings (SSSR count). The molecule has 2 amide bonds. The van der Waals surface area contributed by atoms with Crippen LogP contribution in [0.4, 0.5) is 0 Å². The molecule has 6 nitrogen and oxygen atoms in total. The summed E-state index contributed by atoms with van der Waals surface area (Å²) in [6, 6.07) is 0. The molecule has 6 N–H and O–H groups in total. The van der Waals surface area contributed by atoms with Crippen LogP contribution in [0, 0.1) is 0 Å². The summed E-state index contributed by atoms with van der Waals surface area (Å²) in [5.41, 5.74) is 10.9. The summed E-state index contributed by atoms with van der Waals surface area (Å²) in [5.74, 6) is -2.33. The second-order valence-electron chi connectivity index (χ2n) is 2.59. The molecule has 0 saturated carbocycles. The van der Waals surface area contributed by atoms with Crippen molar-refractivity contribution in [1.82, 2.24) is 10.6 Å². The lowest BCUT2D eigenvalue weighted by molar-refractivity contribution is -0.124. The van der Waals surface area contributed by atoms with Crippen molar-refractivity contribution in [3.8, 4) is 0 Å². The lowest BCUT2D eigenvalue weighted by atomic mass is 10.3. The summed E-state index contributed by atoms with van der Waals surface area (Å²) in [7, 11) is 0. The quantitative estimate of drug-likeness (QED) is 0.238. The minimum absolute atomic E-state index is 0.0320. The number of hydrogen-bond donors (Lipinski definition) is 6. The van der Waals surface area contributed by atoms with E-state index in [1.807, 2.05) is 0 Å². The van der Waals surface area contributed by atoms with Gasteiger partial charge in [0, 0.05) is 6.54 Å². The Labute approximate surface area is 93.0 Å². The number of carbonyl (C=O) groups is 2. The molecule has 0 saturated heterocycles. The number of hydrogen-bond acceptors (Lipinski definition) is 6. The van der Waals surface area contributed by atoms with Crippen LogP contribution in [0.15, 0.2) is 0 Å². The third-order valence-electron chi connectivity index (χ3n) is 1.33. The van der Waals surface area contributed by atoms with Crippen molar-refractivity contribution in [2.24, 2.45) is 11.5 Å². The third kappa shape index (κ3) is 4.70. The van der Waals surface area contributed by atoms with Gasteiger partial charge in [-0.3, -0.25) is 15.3 Å². The van der Waals surface area contributed by atoms with Gasteiger partial charge in [-0.1, -0.05) is 0 Å². The van der Waals surface area contributed by atoms with Gasteiger partial charge in [-0.15, -0.1) is 0 Å². The standard InChI is InChI=1S/C6H14N4O2S2/c7-3-6(8,9-4(11)1-13)10-5(12)2-14/h13-14H,1-3,7-8H2,(H,9,11)(H,10,12). The van der Waals surface area contributed by atoms with E-state index in [0.717, 1.165) is 0 Å². The van der Waals surface area contributed by atoms with Gasteiger partial charge in [0.2, 0.25) is 11.8 Å². The van der Waals surface area contributed by atoms with E-state index in [1.165, 1.54) is 0 Å². The number of nitrogens with one attached hydrogen (secondary N) is 2. The van der Waals surface area contributed by atoms with Crippen molar-refractivity contribution in [1.29, 1.82) is 0 Å². The van der Waals surface area contributed by atoms with Crippen LogP contribution in [0.25, 0.3) is 0 Å². The predicted octanol–water partition coefficient (Wildman–Crippen LogP) is -2.35. The molecule has 0 bridgehead atoms. The molecule has 0 aliphatic rings. The van der Waals surface area contributed by atoms with E-state index in [0.29, 0.717) is 0 Å². The first-order valence-electron chi connectivity index (χ1n) is 3.80. The molecule has 14 heavy (non-hydrogen) atoms. The minimum atomic E-state index is -1.43. The zero-order valence-corrected chi connectivity index (χ0v) is 9.28. The minimum Gasteiger partial charge on any atom is -0.325 e. The summed E-state index contributed by atoms with van der Waals surface area (Å²) in [5, 5.41) is 4.66. The highest BCUT2D eigenvalue weighted by Crippen LogP contribution is 1.89. The van der Waals surface area contributed by atoms with E-state index in [4.69, 9.17) is 11.5 Å². The molecule has 0 aliphatic carbocycles. The van der Waals surface area contributed by atoms with E-state index in [1.54, 1.807) is 0 Å². The van der Waals surface area contributed by atoms with Gasteiger partial charge in [-0.25, -0.2) is 0 Å². The normalized spacial score (nSPS) is 10.9. The second-order valence-corrected chi connectivity index (χ2v) is 3.22. The zero-order chi connectivity index (χ0) is 11.2. The number of nitrogens with two attached hydrogens (primary N) is 2. The Balaban J connectivity index is 4.31. The van der Waals surface area contributed by atoms with Crippen molar-refractivity contribution >= 4 is 37.1 Å². The summed E-state index contributed by atoms with van der Waals surface area (Å²) < 4.78 is 0. The molecule has 0 radical (unpaired) electrons. The average molecular weight is 238 g/mol. The van der Waals surface area contributed by atoms with Crippen LogP contribution in [0.1, 0.15) is 0 Å². The van der Waals surface area contributed by atoms with E-state index < -0.39 is 17.6 Å². The van der Waals surface area contributed by atoms with Crippen LogP contribution in [0.3, 0.4) is 0 Å². The average Bonchev–Trinajstić information content (AvgIpc) is 2.17. The van der Waals surface area contributed by atoms with Crippen LogP contribution in [0.2, 0.25) is 0 Å².